The third-order valence-electron chi connectivity index (χ3n) is 3.06. The summed E-state index contributed by atoms with van der Waals surface area (Å²) in [6, 6.07) is 0. The summed E-state index contributed by atoms with van der Waals surface area (Å²) in [6.07, 6.45) is 0.188. The number of benzene rings is 1. The van der Waals surface area contributed by atoms with E-state index in [9.17, 15) is 35.3 Å². The van der Waals surface area contributed by atoms with Crippen molar-refractivity contribution in [3.8, 4) is 5.75 Å². The van der Waals surface area contributed by atoms with Crippen LogP contribution in [0.4, 0.5) is 17.6 Å². The third-order valence-corrected chi connectivity index (χ3v) is 3.92. The van der Waals surface area contributed by atoms with Gasteiger partial charge in [-0.15, -0.1) is 0 Å². The van der Waals surface area contributed by atoms with Crippen LogP contribution < -0.4 is 4.74 Å². The summed E-state index contributed by atoms with van der Waals surface area (Å²) < 4.78 is 91.4. The molecule has 0 bridgehead atoms. The van der Waals surface area contributed by atoms with Crippen molar-refractivity contribution in [2.24, 2.45) is 5.41 Å². The molecule has 156 valence electrons. The minimum Gasteiger partial charge on any atom is -0.744 e. The van der Waals surface area contributed by atoms with Crippen LogP contribution in [0.15, 0.2) is 4.90 Å². The Morgan fingerprint density at radius 2 is 1.33 bits per heavy atom. The van der Waals surface area contributed by atoms with E-state index in [1.165, 1.54) is 13.8 Å². The molecule has 0 atom stereocenters. The molecule has 0 N–H and O–H groups in total. The maximum absolute atomic E-state index is 13.6. The van der Waals surface area contributed by atoms with Crippen LogP contribution in [0, 0.1) is 28.7 Å². The average Bonchev–Trinajstić information content (AvgIpc) is 2.46. The largest absolute Gasteiger partial charge is 0.744 e. The molecule has 1 aromatic carbocycles. The molecule has 0 aromatic heterocycles. The van der Waals surface area contributed by atoms with E-state index in [2.05, 4.69) is 32.9 Å². The molecule has 0 heterocycles. The van der Waals surface area contributed by atoms with Crippen molar-refractivity contribution in [1.82, 2.24) is 0 Å². The SMILES string of the molecule is CCC(C)(C)C(=O)Oc1c(F)c(F)c(S(=O)(=O)[O-])c(F)c1F.C[N+](C)(C)C. The van der Waals surface area contributed by atoms with E-state index in [0.717, 1.165) is 4.48 Å². The Kier molecular flexibility index (Phi) is 7.99. The highest BCUT2D eigenvalue weighted by atomic mass is 32.2. The van der Waals surface area contributed by atoms with Crippen LogP contribution in [0.5, 0.6) is 5.75 Å². The number of carbonyl (C=O) groups is 1. The van der Waals surface area contributed by atoms with Gasteiger partial charge in [-0.3, -0.25) is 4.79 Å². The first kappa shape index (κ1) is 25.3. The van der Waals surface area contributed by atoms with Crippen molar-refractivity contribution in [3.63, 3.8) is 0 Å². The van der Waals surface area contributed by atoms with E-state index < -0.39 is 55.4 Å². The minimum atomic E-state index is -5.81. The zero-order chi connectivity index (χ0) is 22.0. The summed E-state index contributed by atoms with van der Waals surface area (Å²) in [5.74, 6) is -12.4. The van der Waals surface area contributed by atoms with Gasteiger partial charge in [0, 0.05) is 0 Å². The predicted octanol–water partition coefficient (Wildman–Crippen LogP) is 2.81. The van der Waals surface area contributed by atoms with Crippen molar-refractivity contribution >= 4 is 16.1 Å². The van der Waals surface area contributed by atoms with Gasteiger partial charge >= 0.3 is 5.97 Å². The Hall–Kier alpha value is -1.72. The van der Waals surface area contributed by atoms with Crippen molar-refractivity contribution < 1.29 is 44.5 Å². The fraction of sp³-hybridized carbons (Fsp3) is 0.562. The predicted molar refractivity (Wildman–Crippen MR) is 87.9 cm³/mol. The zero-order valence-corrected chi connectivity index (χ0v) is 16.9. The lowest BCUT2D eigenvalue weighted by Gasteiger charge is -2.21. The summed E-state index contributed by atoms with van der Waals surface area (Å²) in [6.45, 7) is 4.27. The van der Waals surface area contributed by atoms with Gasteiger partial charge < -0.3 is 13.8 Å². The van der Waals surface area contributed by atoms with Gasteiger partial charge in [0.25, 0.3) is 0 Å². The first-order valence-corrected chi connectivity index (χ1v) is 9.08. The highest BCUT2D eigenvalue weighted by Crippen LogP contribution is 2.34. The van der Waals surface area contributed by atoms with Gasteiger partial charge in [-0.05, 0) is 20.3 Å². The van der Waals surface area contributed by atoms with Gasteiger partial charge in [-0.2, -0.15) is 8.78 Å². The molecular weight excluding hydrogens is 394 g/mol. The van der Waals surface area contributed by atoms with E-state index >= 15 is 0 Å². The maximum atomic E-state index is 13.6. The standard InChI is InChI=1S/C12H12F4O5S.C4H12N/c1-4-12(2,3)11(17)21-9-5(13)7(15)10(22(18,19)20)8(16)6(9)14;1-5(2,3)4/h4H2,1-3H3,(H,18,19,20);1-4H3/q;+1/p-1. The Labute approximate surface area is 156 Å². The summed E-state index contributed by atoms with van der Waals surface area (Å²) in [7, 11) is 2.69. The van der Waals surface area contributed by atoms with E-state index in [0.29, 0.717) is 0 Å². The van der Waals surface area contributed by atoms with E-state index in [4.69, 9.17) is 0 Å². The molecule has 0 saturated heterocycles. The van der Waals surface area contributed by atoms with Crippen LogP contribution in [0.2, 0.25) is 0 Å². The molecule has 0 aliphatic heterocycles. The van der Waals surface area contributed by atoms with Crippen LogP contribution in [0.3, 0.4) is 0 Å². The van der Waals surface area contributed by atoms with E-state index in [1.807, 2.05) is 0 Å². The number of quaternary nitrogens is 1. The number of ether oxygens (including phenoxy) is 1. The molecule has 27 heavy (non-hydrogen) atoms. The first-order chi connectivity index (χ1) is 11.8. The van der Waals surface area contributed by atoms with Gasteiger partial charge in [0.2, 0.25) is 17.4 Å². The second-order valence-corrected chi connectivity index (χ2v) is 9.00. The lowest BCUT2D eigenvalue weighted by molar-refractivity contribution is -0.849. The number of rotatable bonds is 4. The van der Waals surface area contributed by atoms with Crippen LogP contribution in [-0.4, -0.2) is 51.6 Å². The second-order valence-electron chi connectivity index (χ2n) is 7.68. The van der Waals surface area contributed by atoms with Crippen LogP contribution in [0.1, 0.15) is 27.2 Å². The normalized spacial score (nSPS) is 12.3. The third kappa shape index (κ3) is 7.07. The monoisotopic (exact) mass is 417 g/mol. The molecule has 0 unspecified atom stereocenters. The minimum absolute atomic E-state index is 0.188. The number of hydrogen-bond acceptors (Lipinski definition) is 5. The van der Waals surface area contributed by atoms with Crippen molar-refractivity contribution in [1.29, 1.82) is 0 Å². The number of esters is 1. The molecular formula is C16H23F4NO5S. The van der Waals surface area contributed by atoms with Crippen molar-refractivity contribution in [3.05, 3.63) is 23.3 Å². The van der Waals surface area contributed by atoms with Gasteiger partial charge in [0.05, 0.1) is 33.6 Å². The lowest BCUT2D eigenvalue weighted by Crippen LogP contribution is -2.29. The molecule has 0 saturated carbocycles. The Bertz CT molecular complexity index is 782. The molecule has 11 heteroatoms. The fourth-order valence-electron chi connectivity index (χ4n) is 1.28. The van der Waals surface area contributed by atoms with Gasteiger partial charge in [0.1, 0.15) is 15.0 Å². The summed E-state index contributed by atoms with van der Waals surface area (Å²) in [5, 5.41) is 0. The Morgan fingerprint density at radius 3 is 1.59 bits per heavy atom. The van der Waals surface area contributed by atoms with E-state index in [-0.39, 0.29) is 6.42 Å². The molecule has 1 aromatic rings. The molecule has 0 aliphatic rings. The molecule has 0 fully saturated rings. The number of halogens is 4. The summed E-state index contributed by atoms with van der Waals surface area (Å²) in [4.78, 5) is 9.39. The fourth-order valence-corrected chi connectivity index (χ4v) is 1.89. The Morgan fingerprint density at radius 1 is 1.00 bits per heavy atom. The molecule has 0 amide bonds. The zero-order valence-electron chi connectivity index (χ0n) is 16.1. The van der Waals surface area contributed by atoms with Crippen LogP contribution >= 0.6 is 0 Å². The van der Waals surface area contributed by atoms with Gasteiger partial charge in [-0.25, -0.2) is 17.2 Å². The second kappa shape index (κ2) is 8.53. The van der Waals surface area contributed by atoms with Crippen molar-refractivity contribution in [2.45, 2.75) is 32.1 Å². The Balaban J connectivity index is 0.00000119. The van der Waals surface area contributed by atoms with Crippen molar-refractivity contribution in [2.75, 3.05) is 28.2 Å². The highest BCUT2D eigenvalue weighted by Gasteiger charge is 2.34. The first-order valence-electron chi connectivity index (χ1n) is 7.67. The van der Waals surface area contributed by atoms with Gasteiger partial charge in [-0.1, -0.05) is 6.92 Å². The number of nitrogens with zero attached hydrogens (tertiary/aromatic N) is 1. The molecule has 1 rings (SSSR count). The molecule has 0 spiro atoms. The number of carbonyl (C=O) groups excluding carboxylic acids is 1. The molecule has 6 nitrogen and oxygen atoms in total. The number of hydrogen-bond donors (Lipinski definition) is 0. The summed E-state index contributed by atoms with van der Waals surface area (Å²) in [5.41, 5.74) is -1.21. The van der Waals surface area contributed by atoms with Crippen LogP contribution in [-0.2, 0) is 14.9 Å². The molecule has 0 aliphatic carbocycles. The summed E-state index contributed by atoms with van der Waals surface area (Å²) >= 11 is 0. The average molecular weight is 417 g/mol. The topological polar surface area (TPSA) is 83.5 Å². The lowest BCUT2D eigenvalue weighted by atomic mass is 9.91. The maximum Gasteiger partial charge on any atom is 0.317 e. The van der Waals surface area contributed by atoms with E-state index in [1.54, 1.807) is 6.92 Å². The quantitative estimate of drug-likeness (QED) is 0.188. The van der Waals surface area contributed by atoms with Gasteiger partial charge in [0.15, 0.2) is 11.6 Å². The van der Waals surface area contributed by atoms with Crippen LogP contribution in [0.25, 0.3) is 0 Å². The molecule has 0 radical (unpaired) electrons. The smallest absolute Gasteiger partial charge is 0.317 e. The highest BCUT2D eigenvalue weighted by molar-refractivity contribution is 7.85.